The zero-order valence-corrected chi connectivity index (χ0v) is 13.6. The molecule has 0 aromatic heterocycles. The molecule has 5 heteroatoms. The highest BCUT2D eigenvalue weighted by molar-refractivity contribution is 9.10. The van der Waals surface area contributed by atoms with E-state index >= 15 is 0 Å². The van der Waals surface area contributed by atoms with Gasteiger partial charge in [0.05, 0.1) is 10.9 Å². The van der Waals surface area contributed by atoms with E-state index in [1.165, 1.54) is 12.5 Å². The largest absolute Gasteiger partial charge is 0.342 e. The first kappa shape index (κ1) is 15.0. The van der Waals surface area contributed by atoms with E-state index in [4.69, 9.17) is 0 Å². The van der Waals surface area contributed by atoms with Crippen LogP contribution in [0.2, 0.25) is 0 Å². The summed E-state index contributed by atoms with van der Waals surface area (Å²) in [5.74, 6) is -0.144. The molecule has 0 unspecified atom stereocenters. The molecule has 3 rings (SSSR count). The number of benzene rings is 1. The number of nitrogens with one attached hydrogen (secondary N) is 1. The van der Waals surface area contributed by atoms with Crippen LogP contribution in [0.4, 0.5) is 4.39 Å². The standard InChI is InChI=1S/C16H20BrFN2O/c17-13-9-12(1-2-14(13)18)10-15(21)20-7-4-16(5-8-20)3-6-19-11-16/h1-2,9,19H,3-8,10-11H2. The fourth-order valence-corrected chi connectivity index (χ4v) is 3.81. The first-order valence-electron chi connectivity index (χ1n) is 7.50. The zero-order valence-electron chi connectivity index (χ0n) is 12.0. The highest BCUT2D eigenvalue weighted by Crippen LogP contribution is 2.37. The van der Waals surface area contributed by atoms with Gasteiger partial charge in [0, 0.05) is 19.6 Å². The van der Waals surface area contributed by atoms with Crippen molar-refractivity contribution in [3.8, 4) is 0 Å². The lowest BCUT2D eigenvalue weighted by molar-refractivity contribution is -0.132. The molecule has 1 aromatic rings. The van der Waals surface area contributed by atoms with Gasteiger partial charge in [-0.15, -0.1) is 0 Å². The molecule has 1 spiro atoms. The first-order chi connectivity index (χ1) is 10.1. The van der Waals surface area contributed by atoms with E-state index in [1.54, 1.807) is 12.1 Å². The molecule has 21 heavy (non-hydrogen) atoms. The number of piperidine rings is 1. The molecule has 1 N–H and O–H groups in total. The highest BCUT2D eigenvalue weighted by atomic mass is 79.9. The Labute approximate surface area is 133 Å². The summed E-state index contributed by atoms with van der Waals surface area (Å²) in [6.45, 7) is 3.91. The molecule has 0 radical (unpaired) electrons. The zero-order chi connectivity index (χ0) is 14.9. The fraction of sp³-hybridized carbons (Fsp3) is 0.562. The van der Waals surface area contributed by atoms with Gasteiger partial charge in [-0.05, 0) is 64.8 Å². The normalized spacial score (nSPS) is 21.0. The van der Waals surface area contributed by atoms with Gasteiger partial charge in [-0.2, -0.15) is 0 Å². The molecule has 1 aromatic carbocycles. The van der Waals surface area contributed by atoms with Crippen molar-refractivity contribution in [2.45, 2.75) is 25.7 Å². The van der Waals surface area contributed by atoms with Crippen LogP contribution < -0.4 is 5.32 Å². The summed E-state index contributed by atoms with van der Waals surface area (Å²) in [7, 11) is 0. The number of hydrogen-bond acceptors (Lipinski definition) is 2. The summed E-state index contributed by atoms with van der Waals surface area (Å²) in [5.41, 5.74) is 1.28. The SMILES string of the molecule is O=C(Cc1ccc(F)c(Br)c1)N1CCC2(CCNC2)CC1. The molecule has 2 saturated heterocycles. The molecule has 2 fully saturated rings. The Kier molecular flexibility index (Phi) is 4.31. The Balaban J connectivity index is 1.57. The van der Waals surface area contributed by atoms with E-state index in [0.717, 1.165) is 44.6 Å². The van der Waals surface area contributed by atoms with Gasteiger partial charge in [0.15, 0.2) is 0 Å². The van der Waals surface area contributed by atoms with Crippen LogP contribution >= 0.6 is 15.9 Å². The molecule has 0 aliphatic carbocycles. The maximum atomic E-state index is 13.2. The first-order valence-corrected chi connectivity index (χ1v) is 8.30. The van der Waals surface area contributed by atoms with Crippen molar-refractivity contribution >= 4 is 21.8 Å². The number of nitrogens with zero attached hydrogens (tertiary/aromatic N) is 1. The van der Waals surface area contributed by atoms with Crippen LogP contribution in [-0.2, 0) is 11.2 Å². The van der Waals surface area contributed by atoms with Gasteiger partial charge in [0.25, 0.3) is 0 Å². The molecule has 0 saturated carbocycles. The van der Waals surface area contributed by atoms with Crippen LogP contribution in [0.1, 0.15) is 24.8 Å². The number of carbonyl (C=O) groups is 1. The number of amides is 1. The molecule has 0 bridgehead atoms. The van der Waals surface area contributed by atoms with Gasteiger partial charge in [0.2, 0.25) is 5.91 Å². The molecular weight excluding hydrogens is 335 g/mol. The van der Waals surface area contributed by atoms with Crippen LogP contribution in [-0.4, -0.2) is 37.0 Å². The smallest absolute Gasteiger partial charge is 0.226 e. The van der Waals surface area contributed by atoms with Crippen molar-refractivity contribution in [1.82, 2.24) is 10.2 Å². The highest BCUT2D eigenvalue weighted by Gasteiger charge is 2.37. The van der Waals surface area contributed by atoms with Crippen molar-refractivity contribution in [2.75, 3.05) is 26.2 Å². The molecule has 1 amide bonds. The van der Waals surface area contributed by atoms with Crippen LogP contribution in [0, 0.1) is 11.2 Å². The van der Waals surface area contributed by atoms with Gasteiger partial charge in [-0.3, -0.25) is 4.79 Å². The summed E-state index contributed by atoms with van der Waals surface area (Å²) in [6.07, 6.45) is 3.78. The maximum absolute atomic E-state index is 13.2. The van der Waals surface area contributed by atoms with Gasteiger partial charge in [-0.1, -0.05) is 6.07 Å². The minimum atomic E-state index is -0.292. The molecular formula is C16H20BrFN2O. The Morgan fingerprint density at radius 3 is 2.71 bits per heavy atom. The average Bonchev–Trinajstić information content (AvgIpc) is 2.92. The third-order valence-corrected chi connectivity index (χ3v) is 5.46. The molecule has 114 valence electrons. The van der Waals surface area contributed by atoms with E-state index in [1.807, 2.05) is 4.90 Å². The molecule has 2 aliphatic rings. The van der Waals surface area contributed by atoms with Crippen molar-refractivity contribution < 1.29 is 9.18 Å². The fourth-order valence-electron chi connectivity index (χ4n) is 3.39. The second-order valence-electron chi connectivity index (χ2n) is 6.23. The van der Waals surface area contributed by atoms with E-state index in [2.05, 4.69) is 21.2 Å². The second-order valence-corrected chi connectivity index (χ2v) is 7.09. The number of likely N-dealkylation sites (tertiary alicyclic amines) is 1. The summed E-state index contributed by atoms with van der Waals surface area (Å²) in [6, 6.07) is 4.78. The third kappa shape index (κ3) is 3.29. The Bertz CT molecular complexity index is 533. The van der Waals surface area contributed by atoms with Crippen LogP contribution in [0.15, 0.2) is 22.7 Å². The summed E-state index contributed by atoms with van der Waals surface area (Å²) in [4.78, 5) is 14.3. The topological polar surface area (TPSA) is 32.3 Å². The van der Waals surface area contributed by atoms with E-state index in [0.29, 0.717) is 16.3 Å². The van der Waals surface area contributed by atoms with E-state index in [9.17, 15) is 9.18 Å². The minimum Gasteiger partial charge on any atom is -0.342 e. The van der Waals surface area contributed by atoms with Crippen LogP contribution in [0.3, 0.4) is 0 Å². The summed E-state index contributed by atoms with van der Waals surface area (Å²) in [5, 5.41) is 3.43. The number of hydrogen-bond donors (Lipinski definition) is 1. The lowest BCUT2D eigenvalue weighted by atomic mass is 9.78. The monoisotopic (exact) mass is 354 g/mol. The van der Waals surface area contributed by atoms with E-state index in [-0.39, 0.29) is 11.7 Å². The lowest BCUT2D eigenvalue weighted by Crippen LogP contribution is -2.44. The van der Waals surface area contributed by atoms with Crippen molar-refractivity contribution in [3.63, 3.8) is 0 Å². The second kappa shape index (κ2) is 6.05. The Morgan fingerprint density at radius 1 is 1.33 bits per heavy atom. The van der Waals surface area contributed by atoms with Gasteiger partial charge in [-0.25, -0.2) is 4.39 Å². The van der Waals surface area contributed by atoms with Crippen LogP contribution in [0.25, 0.3) is 0 Å². The third-order valence-electron chi connectivity index (χ3n) is 4.85. The van der Waals surface area contributed by atoms with Crippen molar-refractivity contribution in [1.29, 1.82) is 0 Å². The summed E-state index contributed by atoms with van der Waals surface area (Å²) >= 11 is 3.17. The predicted octanol–water partition coefficient (Wildman–Crippen LogP) is 2.73. The van der Waals surface area contributed by atoms with Crippen molar-refractivity contribution in [2.24, 2.45) is 5.41 Å². The Hall–Kier alpha value is -0.940. The number of rotatable bonds is 2. The molecule has 0 atom stereocenters. The average molecular weight is 355 g/mol. The van der Waals surface area contributed by atoms with Gasteiger partial charge >= 0.3 is 0 Å². The lowest BCUT2D eigenvalue weighted by Gasteiger charge is -2.39. The number of halogens is 2. The predicted molar refractivity (Wildman–Crippen MR) is 83.5 cm³/mol. The minimum absolute atomic E-state index is 0.148. The van der Waals surface area contributed by atoms with Crippen LogP contribution in [0.5, 0.6) is 0 Å². The summed E-state index contributed by atoms with van der Waals surface area (Å²) < 4.78 is 13.6. The van der Waals surface area contributed by atoms with Gasteiger partial charge in [0.1, 0.15) is 5.82 Å². The Morgan fingerprint density at radius 2 is 2.10 bits per heavy atom. The van der Waals surface area contributed by atoms with Gasteiger partial charge < -0.3 is 10.2 Å². The number of carbonyl (C=O) groups excluding carboxylic acids is 1. The van der Waals surface area contributed by atoms with Crippen molar-refractivity contribution in [3.05, 3.63) is 34.1 Å². The molecule has 3 nitrogen and oxygen atoms in total. The molecule has 2 aliphatic heterocycles. The molecule has 2 heterocycles. The maximum Gasteiger partial charge on any atom is 0.226 e. The van der Waals surface area contributed by atoms with E-state index < -0.39 is 0 Å². The quantitative estimate of drug-likeness (QED) is 0.885.